The molecule has 0 saturated heterocycles. The predicted octanol–water partition coefficient (Wildman–Crippen LogP) is 0.899. The summed E-state index contributed by atoms with van der Waals surface area (Å²) in [5.74, 6) is 1.51. The van der Waals surface area contributed by atoms with Gasteiger partial charge in [0.1, 0.15) is 0 Å². The Bertz CT molecular complexity index is 142. The lowest BCUT2D eigenvalue weighted by Gasteiger charge is -2.13. The fourth-order valence-electron chi connectivity index (χ4n) is 1.10. The summed E-state index contributed by atoms with van der Waals surface area (Å²) in [5.41, 5.74) is 5.50. The lowest BCUT2D eigenvalue weighted by molar-refractivity contribution is 0.0672. The van der Waals surface area contributed by atoms with Crippen molar-refractivity contribution in [2.45, 2.75) is 32.8 Å². The Kier molecular flexibility index (Phi) is 8.71. The SMILES string of the molecule is CCCS(=O)CCC(CN)OCC. The smallest absolute Gasteiger partial charge is 0.0705 e. The van der Waals surface area contributed by atoms with Gasteiger partial charge in [-0.25, -0.2) is 0 Å². The molecule has 13 heavy (non-hydrogen) atoms. The maximum Gasteiger partial charge on any atom is 0.0705 e. The van der Waals surface area contributed by atoms with E-state index in [-0.39, 0.29) is 6.10 Å². The van der Waals surface area contributed by atoms with E-state index in [9.17, 15) is 4.21 Å². The Morgan fingerprint density at radius 1 is 1.38 bits per heavy atom. The highest BCUT2D eigenvalue weighted by Crippen LogP contribution is 1.99. The molecule has 0 bridgehead atoms. The summed E-state index contributed by atoms with van der Waals surface area (Å²) in [6.45, 7) is 5.20. The van der Waals surface area contributed by atoms with Crippen molar-refractivity contribution in [3.05, 3.63) is 0 Å². The molecule has 0 radical (unpaired) electrons. The summed E-state index contributed by atoms with van der Waals surface area (Å²) in [5, 5.41) is 0. The fraction of sp³-hybridized carbons (Fsp3) is 1.00. The Morgan fingerprint density at radius 3 is 2.54 bits per heavy atom. The summed E-state index contributed by atoms with van der Waals surface area (Å²) >= 11 is 0. The van der Waals surface area contributed by atoms with Gasteiger partial charge in [0.15, 0.2) is 0 Å². The number of hydrogen-bond acceptors (Lipinski definition) is 3. The molecule has 0 amide bonds. The van der Waals surface area contributed by atoms with Crippen LogP contribution in [0.25, 0.3) is 0 Å². The van der Waals surface area contributed by atoms with E-state index in [1.54, 1.807) is 0 Å². The van der Waals surface area contributed by atoms with Crippen LogP contribution in [0.2, 0.25) is 0 Å². The van der Waals surface area contributed by atoms with Gasteiger partial charge in [0.05, 0.1) is 6.10 Å². The van der Waals surface area contributed by atoms with Gasteiger partial charge in [-0.1, -0.05) is 6.92 Å². The van der Waals surface area contributed by atoms with Gasteiger partial charge in [0.2, 0.25) is 0 Å². The monoisotopic (exact) mass is 207 g/mol. The molecule has 0 aliphatic heterocycles. The molecule has 0 aromatic carbocycles. The number of hydrogen-bond donors (Lipinski definition) is 1. The molecule has 0 rings (SSSR count). The molecule has 2 unspecified atom stereocenters. The fourth-order valence-corrected chi connectivity index (χ4v) is 2.28. The van der Waals surface area contributed by atoms with Gasteiger partial charge in [0.25, 0.3) is 0 Å². The van der Waals surface area contributed by atoms with Crippen molar-refractivity contribution in [1.29, 1.82) is 0 Å². The van der Waals surface area contributed by atoms with Crippen LogP contribution in [-0.2, 0) is 15.5 Å². The van der Waals surface area contributed by atoms with Crippen LogP contribution in [0.4, 0.5) is 0 Å². The van der Waals surface area contributed by atoms with Crippen LogP contribution in [0.5, 0.6) is 0 Å². The first-order valence-electron chi connectivity index (χ1n) is 4.91. The van der Waals surface area contributed by atoms with E-state index in [0.29, 0.717) is 13.2 Å². The molecular formula is C9H21NO2S. The van der Waals surface area contributed by atoms with E-state index < -0.39 is 10.8 Å². The summed E-state index contributed by atoms with van der Waals surface area (Å²) < 4.78 is 16.6. The maximum absolute atomic E-state index is 11.3. The van der Waals surface area contributed by atoms with Crippen LogP contribution in [0.3, 0.4) is 0 Å². The maximum atomic E-state index is 11.3. The molecule has 0 saturated carbocycles. The molecular weight excluding hydrogens is 186 g/mol. The molecule has 2 N–H and O–H groups in total. The first-order valence-corrected chi connectivity index (χ1v) is 6.40. The van der Waals surface area contributed by atoms with Crippen molar-refractivity contribution < 1.29 is 8.95 Å². The minimum absolute atomic E-state index is 0.0887. The number of nitrogens with two attached hydrogens (primary N) is 1. The minimum atomic E-state index is -0.681. The lowest BCUT2D eigenvalue weighted by atomic mass is 10.3. The normalized spacial score (nSPS) is 15.6. The third kappa shape index (κ3) is 7.16. The summed E-state index contributed by atoms with van der Waals surface area (Å²) in [6, 6.07) is 0. The van der Waals surface area contributed by atoms with Gasteiger partial charge in [-0.15, -0.1) is 0 Å². The first kappa shape index (κ1) is 13.1. The van der Waals surface area contributed by atoms with Crippen LogP contribution < -0.4 is 5.73 Å². The van der Waals surface area contributed by atoms with E-state index >= 15 is 0 Å². The van der Waals surface area contributed by atoms with Crippen molar-refractivity contribution in [2.75, 3.05) is 24.7 Å². The van der Waals surface area contributed by atoms with E-state index in [0.717, 1.165) is 24.3 Å². The minimum Gasteiger partial charge on any atom is -0.377 e. The summed E-state index contributed by atoms with van der Waals surface area (Å²) in [4.78, 5) is 0. The highest BCUT2D eigenvalue weighted by molar-refractivity contribution is 7.84. The standard InChI is InChI=1S/C9H21NO2S/c1-3-6-13(11)7-5-9(8-10)12-4-2/h9H,3-8,10H2,1-2H3. The van der Waals surface area contributed by atoms with Crippen LogP contribution in [0.15, 0.2) is 0 Å². The second-order valence-electron chi connectivity index (χ2n) is 2.95. The average Bonchev–Trinajstić information content (AvgIpc) is 2.12. The molecule has 0 fully saturated rings. The van der Waals surface area contributed by atoms with Crippen molar-refractivity contribution in [1.82, 2.24) is 0 Å². The summed E-state index contributed by atoms with van der Waals surface area (Å²) in [7, 11) is -0.681. The topological polar surface area (TPSA) is 52.3 Å². The lowest BCUT2D eigenvalue weighted by Crippen LogP contribution is -2.25. The molecule has 0 aliphatic rings. The molecule has 4 heteroatoms. The second kappa shape index (κ2) is 8.66. The predicted molar refractivity (Wildman–Crippen MR) is 57.3 cm³/mol. The second-order valence-corrected chi connectivity index (χ2v) is 4.65. The molecule has 0 aromatic heterocycles. The van der Waals surface area contributed by atoms with Gasteiger partial charge in [0, 0.05) is 35.5 Å². The van der Waals surface area contributed by atoms with Gasteiger partial charge >= 0.3 is 0 Å². The van der Waals surface area contributed by atoms with Crippen molar-refractivity contribution in [3.8, 4) is 0 Å². The first-order chi connectivity index (χ1) is 6.24. The van der Waals surface area contributed by atoms with Crippen LogP contribution in [0, 0.1) is 0 Å². The molecule has 0 aliphatic carbocycles. The van der Waals surface area contributed by atoms with E-state index in [1.165, 1.54) is 0 Å². The van der Waals surface area contributed by atoms with E-state index in [4.69, 9.17) is 10.5 Å². The Morgan fingerprint density at radius 2 is 2.08 bits per heavy atom. The van der Waals surface area contributed by atoms with Gasteiger partial charge in [-0.05, 0) is 19.8 Å². The number of rotatable bonds is 8. The zero-order valence-corrected chi connectivity index (χ0v) is 9.44. The zero-order valence-electron chi connectivity index (χ0n) is 8.62. The van der Waals surface area contributed by atoms with Crippen molar-refractivity contribution in [2.24, 2.45) is 5.73 Å². The highest BCUT2D eigenvalue weighted by Gasteiger charge is 2.07. The molecule has 0 heterocycles. The number of ether oxygens (including phenoxy) is 1. The van der Waals surface area contributed by atoms with Crippen LogP contribution in [0.1, 0.15) is 26.7 Å². The third-order valence-corrected chi connectivity index (χ3v) is 3.32. The van der Waals surface area contributed by atoms with Gasteiger partial charge < -0.3 is 10.5 Å². The zero-order chi connectivity index (χ0) is 10.1. The third-order valence-electron chi connectivity index (χ3n) is 1.76. The largest absolute Gasteiger partial charge is 0.377 e. The Labute approximate surface area is 83.5 Å². The molecule has 0 aromatic rings. The van der Waals surface area contributed by atoms with E-state index in [1.807, 2.05) is 13.8 Å². The molecule has 2 atom stereocenters. The van der Waals surface area contributed by atoms with Gasteiger partial charge in [-0.3, -0.25) is 4.21 Å². The average molecular weight is 207 g/mol. The molecule has 80 valence electrons. The van der Waals surface area contributed by atoms with Crippen molar-refractivity contribution >= 4 is 10.8 Å². The Balaban J connectivity index is 3.52. The van der Waals surface area contributed by atoms with E-state index in [2.05, 4.69) is 0 Å². The van der Waals surface area contributed by atoms with Gasteiger partial charge in [-0.2, -0.15) is 0 Å². The molecule has 0 spiro atoms. The quantitative estimate of drug-likeness (QED) is 0.643. The Hall–Kier alpha value is 0.0700. The van der Waals surface area contributed by atoms with Crippen molar-refractivity contribution in [3.63, 3.8) is 0 Å². The highest BCUT2D eigenvalue weighted by atomic mass is 32.2. The van der Waals surface area contributed by atoms with Crippen LogP contribution in [-0.4, -0.2) is 35.0 Å². The van der Waals surface area contributed by atoms with Crippen LogP contribution >= 0.6 is 0 Å². The summed E-state index contributed by atoms with van der Waals surface area (Å²) in [6.07, 6.45) is 1.89. The molecule has 3 nitrogen and oxygen atoms in total.